The van der Waals surface area contributed by atoms with Crippen molar-refractivity contribution in [2.24, 2.45) is 5.10 Å². The van der Waals surface area contributed by atoms with Crippen molar-refractivity contribution in [2.75, 3.05) is 19.1 Å². The first-order valence-electron chi connectivity index (χ1n) is 9.33. The van der Waals surface area contributed by atoms with Gasteiger partial charge in [0.15, 0.2) is 11.6 Å². The molecule has 2 N–H and O–H groups in total. The molecular weight excluding hydrogens is 400 g/mol. The molecule has 0 bridgehead atoms. The molecule has 30 heavy (non-hydrogen) atoms. The average Bonchev–Trinajstić information content (AvgIpc) is 3.12. The first-order valence-corrected chi connectivity index (χ1v) is 10.1. The Morgan fingerprint density at radius 2 is 2.03 bits per heavy atom. The van der Waals surface area contributed by atoms with E-state index in [2.05, 4.69) is 20.5 Å². The maximum Gasteiger partial charge on any atom is 0.167 e. The van der Waals surface area contributed by atoms with Gasteiger partial charge in [0.05, 0.1) is 24.8 Å². The Balaban J connectivity index is 1.68. The average molecular weight is 420 g/mol. The summed E-state index contributed by atoms with van der Waals surface area (Å²) in [5.74, 6) is 2.08. The van der Waals surface area contributed by atoms with Gasteiger partial charge < -0.3 is 14.6 Å². The first-order chi connectivity index (χ1) is 14.7. The van der Waals surface area contributed by atoms with Crippen molar-refractivity contribution in [1.82, 2.24) is 9.97 Å². The summed E-state index contributed by atoms with van der Waals surface area (Å²) in [4.78, 5) is 9.21. The van der Waals surface area contributed by atoms with E-state index >= 15 is 0 Å². The molecule has 0 aliphatic rings. The zero-order valence-electron chi connectivity index (χ0n) is 16.5. The number of para-hydroxylation sites is 1. The van der Waals surface area contributed by atoms with E-state index < -0.39 is 0 Å². The van der Waals surface area contributed by atoms with Crippen molar-refractivity contribution in [3.63, 3.8) is 0 Å². The Bertz CT molecular complexity index is 1210. The number of rotatable bonds is 7. The molecule has 0 radical (unpaired) electrons. The number of ether oxygens (including phenoxy) is 2. The summed E-state index contributed by atoms with van der Waals surface area (Å²) in [5.41, 5.74) is 5.11. The molecule has 4 rings (SSSR count). The zero-order chi connectivity index (χ0) is 20.9. The molecule has 4 aromatic rings. The van der Waals surface area contributed by atoms with Gasteiger partial charge in [-0.15, -0.1) is 11.3 Å². The van der Waals surface area contributed by atoms with E-state index in [9.17, 15) is 5.11 Å². The minimum Gasteiger partial charge on any atom is -0.504 e. The highest BCUT2D eigenvalue weighted by atomic mass is 32.1. The minimum atomic E-state index is 0.101. The van der Waals surface area contributed by atoms with E-state index in [0.29, 0.717) is 33.3 Å². The molecular formula is C22H20N4O3S. The molecule has 0 amide bonds. The highest BCUT2D eigenvalue weighted by Gasteiger charge is 2.19. The van der Waals surface area contributed by atoms with Crippen molar-refractivity contribution < 1.29 is 14.6 Å². The van der Waals surface area contributed by atoms with Crippen LogP contribution in [0.15, 0.2) is 60.0 Å². The van der Waals surface area contributed by atoms with Gasteiger partial charge in [-0.05, 0) is 36.8 Å². The normalized spacial score (nSPS) is 11.1. The molecule has 0 aliphatic carbocycles. The molecule has 0 saturated carbocycles. The second-order valence-electron chi connectivity index (χ2n) is 6.26. The number of anilines is 1. The zero-order valence-corrected chi connectivity index (χ0v) is 17.3. The van der Waals surface area contributed by atoms with Gasteiger partial charge in [-0.1, -0.05) is 24.3 Å². The topological polar surface area (TPSA) is 88.9 Å². The predicted molar refractivity (Wildman–Crippen MR) is 120 cm³/mol. The Morgan fingerprint density at radius 1 is 1.17 bits per heavy atom. The number of nitrogens with zero attached hydrogens (tertiary/aromatic N) is 3. The lowest BCUT2D eigenvalue weighted by Crippen LogP contribution is -1.94. The van der Waals surface area contributed by atoms with Gasteiger partial charge in [-0.2, -0.15) is 5.10 Å². The number of aromatic nitrogens is 2. The van der Waals surface area contributed by atoms with Gasteiger partial charge in [0.1, 0.15) is 28.0 Å². The number of aromatic hydroxyl groups is 1. The van der Waals surface area contributed by atoms with Gasteiger partial charge in [0.2, 0.25) is 0 Å². The number of benzene rings is 2. The first kappa shape index (κ1) is 19.7. The van der Waals surface area contributed by atoms with Crippen LogP contribution in [0.25, 0.3) is 20.7 Å². The van der Waals surface area contributed by atoms with Crippen LogP contribution in [0, 0.1) is 0 Å². The lowest BCUT2D eigenvalue weighted by molar-refractivity contribution is 0.341. The van der Waals surface area contributed by atoms with Gasteiger partial charge in [-0.25, -0.2) is 9.97 Å². The van der Waals surface area contributed by atoms with Crippen molar-refractivity contribution >= 4 is 33.6 Å². The summed E-state index contributed by atoms with van der Waals surface area (Å²) in [6, 6.07) is 15.2. The summed E-state index contributed by atoms with van der Waals surface area (Å²) in [6.45, 7) is 2.46. The smallest absolute Gasteiger partial charge is 0.167 e. The monoisotopic (exact) mass is 420 g/mol. The van der Waals surface area contributed by atoms with E-state index in [1.807, 2.05) is 55.5 Å². The number of fused-ring (bicyclic) bond motifs is 1. The Hall–Kier alpha value is -3.65. The largest absolute Gasteiger partial charge is 0.504 e. The maximum atomic E-state index is 10.8. The molecule has 0 unspecified atom stereocenters. The van der Waals surface area contributed by atoms with Crippen molar-refractivity contribution in [3.8, 4) is 27.7 Å². The summed E-state index contributed by atoms with van der Waals surface area (Å²) < 4.78 is 11.6. The van der Waals surface area contributed by atoms with Gasteiger partial charge in [0.25, 0.3) is 0 Å². The molecule has 0 aliphatic heterocycles. The summed E-state index contributed by atoms with van der Waals surface area (Å²) in [6.07, 6.45) is 3.08. The molecule has 0 spiro atoms. The fourth-order valence-corrected chi connectivity index (χ4v) is 4.10. The predicted octanol–water partition coefficient (Wildman–Crippen LogP) is 4.92. The van der Waals surface area contributed by atoms with Crippen LogP contribution >= 0.6 is 11.3 Å². The SMILES string of the molecule is CCOc1ccccc1-c1sc2c(N/N=C/c3cccc(OC)c3)ncnc2c1O. The number of nitrogens with one attached hydrogen (secondary N) is 1. The van der Waals surface area contributed by atoms with Crippen LogP contribution in [0.1, 0.15) is 12.5 Å². The van der Waals surface area contributed by atoms with Crippen LogP contribution in [-0.2, 0) is 0 Å². The summed E-state index contributed by atoms with van der Waals surface area (Å²) in [7, 11) is 1.62. The van der Waals surface area contributed by atoms with Crippen LogP contribution in [0.2, 0.25) is 0 Å². The quantitative estimate of drug-likeness (QED) is 0.326. The third kappa shape index (κ3) is 3.90. The molecule has 7 nitrogen and oxygen atoms in total. The third-order valence-corrected chi connectivity index (χ3v) is 5.56. The van der Waals surface area contributed by atoms with Crippen molar-refractivity contribution in [1.29, 1.82) is 0 Å². The van der Waals surface area contributed by atoms with E-state index in [1.165, 1.54) is 17.7 Å². The van der Waals surface area contributed by atoms with Crippen LogP contribution in [-0.4, -0.2) is 35.0 Å². The fraction of sp³-hybridized carbons (Fsp3) is 0.136. The van der Waals surface area contributed by atoms with Gasteiger partial charge in [0, 0.05) is 5.56 Å². The number of thiophene rings is 1. The molecule has 8 heteroatoms. The molecule has 2 heterocycles. The Labute approximate surface area is 177 Å². The van der Waals surface area contributed by atoms with Crippen LogP contribution < -0.4 is 14.9 Å². The number of hydrogen-bond donors (Lipinski definition) is 2. The van der Waals surface area contributed by atoms with Crippen LogP contribution in [0.4, 0.5) is 5.82 Å². The standard InChI is InChI=1S/C22H20N4O3S/c1-3-29-17-10-5-4-9-16(17)20-19(27)18-21(30-20)22(24-13-23-18)26-25-12-14-7-6-8-15(11-14)28-2/h4-13,27H,3H2,1-2H3,(H,23,24,26)/b25-12+. The lowest BCUT2D eigenvalue weighted by Gasteiger charge is -2.08. The van der Waals surface area contributed by atoms with Crippen molar-refractivity contribution in [3.05, 3.63) is 60.4 Å². The second kappa shape index (κ2) is 8.79. The lowest BCUT2D eigenvalue weighted by atomic mass is 10.1. The molecule has 0 atom stereocenters. The van der Waals surface area contributed by atoms with Crippen LogP contribution in [0.3, 0.4) is 0 Å². The molecule has 0 saturated heterocycles. The number of hydrogen-bond acceptors (Lipinski definition) is 8. The third-order valence-electron chi connectivity index (χ3n) is 4.36. The van der Waals surface area contributed by atoms with E-state index in [4.69, 9.17) is 9.47 Å². The number of methoxy groups -OCH3 is 1. The maximum absolute atomic E-state index is 10.8. The Kier molecular flexibility index (Phi) is 5.76. The highest BCUT2D eigenvalue weighted by Crippen LogP contribution is 2.47. The van der Waals surface area contributed by atoms with E-state index in [1.54, 1.807) is 13.3 Å². The van der Waals surface area contributed by atoms with E-state index in [-0.39, 0.29) is 5.75 Å². The molecule has 152 valence electrons. The molecule has 0 fully saturated rings. The van der Waals surface area contributed by atoms with Gasteiger partial charge >= 0.3 is 0 Å². The Morgan fingerprint density at radius 3 is 2.87 bits per heavy atom. The van der Waals surface area contributed by atoms with Gasteiger partial charge in [-0.3, -0.25) is 5.43 Å². The van der Waals surface area contributed by atoms with E-state index in [0.717, 1.165) is 16.9 Å². The summed E-state index contributed by atoms with van der Waals surface area (Å²) >= 11 is 1.38. The fourth-order valence-electron chi connectivity index (χ4n) is 2.98. The second-order valence-corrected chi connectivity index (χ2v) is 7.28. The summed E-state index contributed by atoms with van der Waals surface area (Å²) in [5, 5.41) is 15.1. The highest BCUT2D eigenvalue weighted by molar-refractivity contribution is 7.23. The van der Waals surface area contributed by atoms with Crippen molar-refractivity contribution in [2.45, 2.75) is 6.92 Å². The molecule has 2 aromatic carbocycles. The minimum absolute atomic E-state index is 0.101. The van der Waals surface area contributed by atoms with Crippen LogP contribution in [0.5, 0.6) is 17.2 Å². The molecule has 2 aromatic heterocycles. The number of hydrazone groups is 1.